The van der Waals surface area contributed by atoms with E-state index in [1.807, 2.05) is 0 Å². The second-order valence-corrected chi connectivity index (χ2v) is 9.22. The van der Waals surface area contributed by atoms with Crippen molar-refractivity contribution >= 4 is 38.2 Å². The molecule has 2 aromatic rings. The highest BCUT2D eigenvalue weighted by molar-refractivity contribution is 7.90. The van der Waals surface area contributed by atoms with Gasteiger partial charge in [-0.25, -0.2) is 13.2 Å². The van der Waals surface area contributed by atoms with Crippen molar-refractivity contribution in [2.75, 3.05) is 23.9 Å². The molecule has 0 fully saturated rings. The largest absolute Gasteiger partial charge is 0.452 e. The van der Waals surface area contributed by atoms with Gasteiger partial charge in [0.25, 0.3) is 5.91 Å². The van der Waals surface area contributed by atoms with Crippen molar-refractivity contribution in [3.63, 3.8) is 0 Å². The lowest BCUT2D eigenvalue weighted by molar-refractivity contribution is -0.119. The molecule has 7 nitrogen and oxygen atoms in total. The lowest BCUT2D eigenvalue weighted by Crippen LogP contribution is -2.22. The van der Waals surface area contributed by atoms with Crippen molar-refractivity contribution in [2.45, 2.75) is 16.7 Å². The van der Waals surface area contributed by atoms with E-state index in [1.165, 1.54) is 24.3 Å². The fourth-order valence-corrected chi connectivity index (χ4v) is 4.06. The maximum Gasteiger partial charge on any atom is 0.339 e. The Morgan fingerprint density at radius 3 is 2.37 bits per heavy atom. The third kappa shape index (κ3) is 5.48. The van der Waals surface area contributed by atoms with E-state index in [9.17, 15) is 22.2 Å². The van der Waals surface area contributed by atoms with Gasteiger partial charge in [0, 0.05) is 12.0 Å². The Hall–Kier alpha value is -2.52. The van der Waals surface area contributed by atoms with Gasteiger partial charge < -0.3 is 10.1 Å². The van der Waals surface area contributed by atoms with Crippen LogP contribution in [-0.2, 0) is 30.2 Å². The summed E-state index contributed by atoms with van der Waals surface area (Å²) < 4.78 is 40.5. The molecule has 0 bridgehead atoms. The Morgan fingerprint density at radius 1 is 1.07 bits per heavy atom. The summed E-state index contributed by atoms with van der Waals surface area (Å²) >= 11 is 0. The minimum Gasteiger partial charge on any atom is -0.452 e. The van der Waals surface area contributed by atoms with Gasteiger partial charge in [0.15, 0.2) is 16.4 Å². The number of ether oxygens (including phenoxy) is 1. The van der Waals surface area contributed by atoms with Gasteiger partial charge in [-0.05, 0) is 24.3 Å². The fraction of sp³-hybridized carbons (Fsp3) is 0.222. The number of hydrogen-bond donors (Lipinski definition) is 1. The first kappa shape index (κ1) is 20.8. The minimum absolute atomic E-state index is 0.0339. The van der Waals surface area contributed by atoms with E-state index in [0.717, 1.165) is 6.26 Å². The molecule has 0 heterocycles. The highest BCUT2D eigenvalue weighted by Gasteiger charge is 2.18. The first-order valence-corrected chi connectivity index (χ1v) is 11.2. The van der Waals surface area contributed by atoms with Crippen molar-refractivity contribution in [3.8, 4) is 0 Å². The number of benzene rings is 2. The number of amides is 1. The Labute approximate surface area is 160 Å². The number of hydrogen-bond acceptors (Lipinski definition) is 6. The molecule has 0 unspecified atom stereocenters. The normalized spacial score (nSPS) is 12.2. The van der Waals surface area contributed by atoms with Gasteiger partial charge in [-0.1, -0.05) is 31.2 Å². The molecule has 0 saturated heterocycles. The number of para-hydroxylation sites is 1. The van der Waals surface area contributed by atoms with Gasteiger partial charge in [0.1, 0.15) is 0 Å². The van der Waals surface area contributed by atoms with Crippen molar-refractivity contribution in [1.29, 1.82) is 0 Å². The van der Waals surface area contributed by atoms with Crippen LogP contribution < -0.4 is 5.32 Å². The number of sulfone groups is 1. The van der Waals surface area contributed by atoms with Crippen LogP contribution in [0.4, 0.5) is 5.69 Å². The molecule has 9 heteroatoms. The zero-order chi connectivity index (χ0) is 20.0. The maximum absolute atomic E-state index is 12.2. The predicted molar refractivity (Wildman–Crippen MR) is 102 cm³/mol. The van der Waals surface area contributed by atoms with Gasteiger partial charge in [-0.15, -0.1) is 0 Å². The quantitative estimate of drug-likeness (QED) is 0.701. The predicted octanol–water partition coefficient (Wildman–Crippen LogP) is 2.01. The van der Waals surface area contributed by atoms with Crippen LogP contribution in [0.25, 0.3) is 0 Å². The van der Waals surface area contributed by atoms with Crippen molar-refractivity contribution in [1.82, 2.24) is 0 Å². The summed E-state index contributed by atoms with van der Waals surface area (Å²) in [5.41, 5.74) is 0.232. The van der Waals surface area contributed by atoms with E-state index >= 15 is 0 Å². The van der Waals surface area contributed by atoms with Crippen LogP contribution in [0, 0.1) is 0 Å². The number of rotatable bonds is 7. The standard InChI is InChI=1S/C18H19NO6S2/c1-3-26(22)15-10-6-4-8-13(15)18(21)25-12-17(20)19-14-9-5-7-11-16(14)27(2,23)24/h4-11H,3,12H2,1-2H3,(H,19,20)/t26-/m0/s1. The molecule has 2 rings (SSSR count). The van der Waals surface area contributed by atoms with E-state index in [4.69, 9.17) is 4.74 Å². The third-order valence-corrected chi connectivity index (χ3v) is 6.04. The second kappa shape index (κ2) is 8.92. The van der Waals surface area contributed by atoms with Gasteiger partial charge in [-0.3, -0.25) is 9.00 Å². The average Bonchev–Trinajstić information content (AvgIpc) is 2.65. The van der Waals surface area contributed by atoms with Crippen LogP contribution in [0.15, 0.2) is 58.3 Å². The van der Waals surface area contributed by atoms with Crippen molar-refractivity contribution < 1.29 is 27.0 Å². The lowest BCUT2D eigenvalue weighted by Gasteiger charge is -2.11. The number of esters is 1. The average molecular weight is 409 g/mol. The summed E-state index contributed by atoms with van der Waals surface area (Å²) in [4.78, 5) is 24.6. The van der Waals surface area contributed by atoms with Crippen molar-refractivity contribution in [2.24, 2.45) is 0 Å². The molecule has 0 saturated carbocycles. The number of nitrogens with one attached hydrogen (secondary N) is 1. The van der Waals surface area contributed by atoms with E-state index in [2.05, 4.69) is 5.32 Å². The van der Waals surface area contributed by atoms with Gasteiger partial charge in [-0.2, -0.15) is 0 Å². The zero-order valence-electron chi connectivity index (χ0n) is 14.8. The first-order valence-electron chi connectivity index (χ1n) is 7.97. The molecule has 0 spiro atoms. The monoisotopic (exact) mass is 409 g/mol. The number of carbonyl (C=O) groups is 2. The molecule has 0 aliphatic rings. The topological polar surface area (TPSA) is 107 Å². The SMILES string of the molecule is CC[S@](=O)c1ccccc1C(=O)OCC(=O)Nc1ccccc1S(C)(=O)=O. The van der Waals surface area contributed by atoms with E-state index < -0.39 is 39.1 Å². The number of carbonyl (C=O) groups excluding carboxylic acids is 2. The van der Waals surface area contributed by atoms with Crippen LogP contribution in [0.5, 0.6) is 0 Å². The molecule has 1 atom stereocenters. The molecule has 0 aliphatic heterocycles. The van der Waals surface area contributed by atoms with E-state index in [-0.39, 0.29) is 16.1 Å². The molecular formula is C18H19NO6S2. The van der Waals surface area contributed by atoms with E-state index in [0.29, 0.717) is 10.6 Å². The summed E-state index contributed by atoms with van der Waals surface area (Å²) in [5, 5.41) is 2.42. The van der Waals surface area contributed by atoms with Crippen LogP contribution in [0.1, 0.15) is 17.3 Å². The molecule has 0 radical (unpaired) electrons. The number of anilines is 1. The molecule has 0 aliphatic carbocycles. The summed E-state index contributed by atoms with van der Waals surface area (Å²) in [5.74, 6) is -1.12. The Balaban J connectivity index is 2.08. The van der Waals surface area contributed by atoms with Crippen molar-refractivity contribution in [3.05, 3.63) is 54.1 Å². The maximum atomic E-state index is 12.2. The van der Waals surface area contributed by atoms with Crippen LogP contribution >= 0.6 is 0 Å². The Bertz CT molecular complexity index is 985. The van der Waals surface area contributed by atoms with E-state index in [1.54, 1.807) is 31.2 Å². The fourth-order valence-electron chi connectivity index (χ4n) is 2.28. The molecule has 1 amide bonds. The Morgan fingerprint density at radius 2 is 1.70 bits per heavy atom. The van der Waals surface area contributed by atoms with Gasteiger partial charge in [0.2, 0.25) is 0 Å². The van der Waals surface area contributed by atoms with Crippen LogP contribution in [0.2, 0.25) is 0 Å². The lowest BCUT2D eigenvalue weighted by atomic mass is 10.2. The molecular weight excluding hydrogens is 390 g/mol. The molecule has 1 N–H and O–H groups in total. The summed E-state index contributed by atoms with van der Waals surface area (Å²) in [6.07, 6.45) is 1.03. The summed E-state index contributed by atoms with van der Waals surface area (Å²) in [6.45, 7) is 1.12. The highest BCUT2D eigenvalue weighted by atomic mass is 32.2. The zero-order valence-corrected chi connectivity index (χ0v) is 16.4. The molecule has 0 aromatic heterocycles. The second-order valence-electron chi connectivity index (χ2n) is 5.52. The Kier molecular flexibility index (Phi) is 6.86. The molecule has 27 heavy (non-hydrogen) atoms. The molecule has 2 aromatic carbocycles. The van der Waals surface area contributed by atoms with Crippen LogP contribution in [-0.4, -0.2) is 43.1 Å². The minimum atomic E-state index is -3.53. The third-order valence-electron chi connectivity index (χ3n) is 3.51. The first-order chi connectivity index (χ1) is 12.7. The smallest absolute Gasteiger partial charge is 0.339 e. The highest BCUT2D eigenvalue weighted by Crippen LogP contribution is 2.20. The summed E-state index contributed by atoms with van der Waals surface area (Å²) in [6, 6.07) is 12.2. The van der Waals surface area contributed by atoms with Crippen LogP contribution in [0.3, 0.4) is 0 Å². The van der Waals surface area contributed by atoms with Gasteiger partial charge >= 0.3 is 5.97 Å². The summed E-state index contributed by atoms with van der Waals surface area (Å²) in [7, 11) is -4.88. The van der Waals surface area contributed by atoms with Gasteiger partial charge in [0.05, 0.1) is 31.8 Å². The molecule has 144 valence electrons.